The number of ether oxygens (including phenoxy) is 1. The summed E-state index contributed by atoms with van der Waals surface area (Å²) in [6.07, 6.45) is -7.13. The highest BCUT2D eigenvalue weighted by molar-refractivity contribution is 9.10. The van der Waals surface area contributed by atoms with Crippen LogP contribution < -0.4 is 4.74 Å². The number of aliphatic hydroxyl groups excluding tert-OH is 1. The van der Waals surface area contributed by atoms with Gasteiger partial charge in [-0.1, -0.05) is 6.07 Å². The molecule has 2 nitrogen and oxygen atoms in total. The lowest BCUT2D eigenvalue weighted by atomic mass is 10.1. The molecular weight excluding hydrogens is 289 g/mol. The summed E-state index contributed by atoms with van der Waals surface area (Å²) in [7, 11) is 0. The summed E-state index contributed by atoms with van der Waals surface area (Å²) in [6, 6.07) is 3.77. The predicted octanol–water partition coefficient (Wildman–Crippen LogP) is 3.44. The second-order valence-corrected chi connectivity index (χ2v) is 3.92. The molecule has 0 aliphatic carbocycles. The van der Waals surface area contributed by atoms with Gasteiger partial charge in [0.25, 0.3) is 0 Å². The van der Waals surface area contributed by atoms with Crippen molar-refractivity contribution in [1.82, 2.24) is 0 Å². The molecule has 0 heterocycles. The van der Waals surface area contributed by atoms with Crippen molar-refractivity contribution in [2.75, 3.05) is 6.61 Å². The van der Waals surface area contributed by atoms with E-state index in [-0.39, 0.29) is 5.56 Å². The Hall–Kier alpha value is -0.750. The minimum atomic E-state index is -4.66. The minimum absolute atomic E-state index is 0.220. The zero-order chi connectivity index (χ0) is 12.3. The standard InChI is InChI=1S/C10H10BrF3O2/c1-2-16-8-4-3-6(5-7(8)11)9(15)10(12,13)14/h3-5,9,15H,2H2,1H3. The smallest absolute Gasteiger partial charge is 0.418 e. The second-order valence-electron chi connectivity index (χ2n) is 3.07. The van der Waals surface area contributed by atoms with Crippen LogP contribution in [0.3, 0.4) is 0 Å². The van der Waals surface area contributed by atoms with Crippen LogP contribution in [0.2, 0.25) is 0 Å². The van der Waals surface area contributed by atoms with Crippen LogP contribution in [-0.2, 0) is 0 Å². The van der Waals surface area contributed by atoms with Gasteiger partial charge in [0.05, 0.1) is 11.1 Å². The van der Waals surface area contributed by atoms with Gasteiger partial charge in [0, 0.05) is 0 Å². The number of hydrogen-bond acceptors (Lipinski definition) is 2. The van der Waals surface area contributed by atoms with E-state index >= 15 is 0 Å². The first kappa shape index (κ1) is 13.3. The van der Waals surface area contributed by atoms with Gasteiger partial charge in [-0.05, 0) is 40.5 Å². The minimum Gasteiger partial charge on any atom is -0.493 e. The normalized spacial score (nSPS) is 13.6. The SMILES string of the molecule is CCOc1ccc(C(O)C(F)(F)F)cc1Br. The Labute approximate surface area is 99.2 Å². The number of rotatable bonds is 3. The lowest BCUT2D eigenvalue weighted by molar-refractivity contribution is -0.206. The van der Waals surface area contributed by atoms with Crippen LogP contribution in [-0.4, -0.2) is 17.9 Å². The van der Waals surface area contributed by atoms with Gasteiger partial charge in [-0.2, -0.15) is 13.2 Å². The van der Waals surface area contributed by atoms with Crippen molar-refractivity contribution < 1.29 is 23.0 Å². The van der Waals surface area contributed by atoms with Crippen LogP contribution in [0.25, 0.3) is 0 Å². The van der Waals surface area contributed by atoms with Crippen LogP contribution in [0.5, 0.6) is 5.75 Å². The van der Waals surface area contributed by atoms with Gasteiger partial charge in [0.2, 0.25) is 0 Å². The Bertz CT molecular complexity index is 366. The molecule has 90 valence electrons. The van der Waals surface area contributed by atoms with Gasteiger partial charge in [-0.3, -0.25) is 0 Å². The van der Waals surface area contributed by atoms with Crippen molar-refractivity contribution in [3.63, 3.8) is 0 Å². The van der Waals surface area contributed by atoms with Crippen molar-refractivity contribution in [3.05, 3.63) is 28.2 Å². The van der Waals surface area contributed by atoms with Gasteiger partial charge in [0.15, 0.2) is 6.10 Å². The Morgan fingerprint density at radius 2 is 2.06 bits per heavy atom. The summed E-state index contributed by atoms with van der Waals surface area (Å²) < 4.78 is 42.2. The number of alkyl halides is 3. The van der Waals surface area contributed by atoms with Crippen molar-refractivity contribution >= 4 is 15.9 Å². The Morgan fingerprint density at radius 3 is 2.50 bits per heavy atom. The fraction of sp³-hybridized carbons (Fsp3) is 0.400. The van der Waals surface area contributed by atoms with Crippen LogP contribution in [0.1, 0.15) is 18.6 Å². The zero-order valence-corrected chi connectivity index (χ0v) is 9.97. The van der Waals surface area contributed by atoms with E-state index in [1.54, 1.807) is 6.92 Å². The molecule has 16 heavy (non-hydrogen) atoms. The first-order valence-electron chi connectivity index (χ1n) is 4.53. The molecule has 0 spiro atoms. The molecule has 0 amide bonds. The van der Waals surface area contributed by atoms with E-state index in [1.165, 1.54) is 18.2 Å². The second kappa shape index (κ2) is 5.05. The largest absolute Gasteiger partial charge is 0.493 e. The number of halogens is 4. The third-order valence-electron chi connectivity index (χ3n) is 1.88. The molecule has 1 N–H and O–H groups in total. The first-order valence-corrected chi connectivity index (χ1v) is 5.32. The highest BCUT2D eigenvalue weighted by Crippen LogP contribution is 2.35. The van der Waals surface area contributed by atoms with Gasteiger partial charge in [-0.25, -0.2) is 0 Å². The van der Waals surface area contributed by atoms with Crippen LogP contribution >= 0.6 is 15.9 Å². The molecule has 1 aromatic carbocycles. The summed E-state index contributed by atoms with van der Waals surface area (Å²) in [4.78, 5) is 0. The third-order valence-corrected chi connectivity index (χ3v) is 2.50. The average Bonchev–Trinajstić information content (AvgIpc) is 2.19. The average molecular weight is 299 g/mol. The molecule has 1 aromatic rings. The fourth-order valence-corrected chi connectivity index (χ4v) is 1.66. The highest BCUT2D eigenvalue weighted by atomic mass is 79.9. The molecule has 0 fully saturated rings. The number of benzene rings is 1. The van der Waals surface area contributed by atoms with Crippen LogP contribution in [0, 0.1) is 0 Å². The monoisotopic (exact) mass is 298 g/mol. The Balaban J connectivity index is 2.97. The number of hydrogen-bond donors (Lipinski definition) is 1. The Morgan fingerprint density at radius 1 is 1.44 bits per heavy atom. The van der Waals surface area contributed by atoms with Crippen molar-refractivity contribution in [2.45, 2.75) is 19.2 Å². The van der Waals surface area contributed by atoms with E-state index in [1.807, 2.05) is 0 Å². The molecule has 1 unspecified atom stereocenters. The highest BCUT2D eigenvalue weighted by Gasteiger charge is 2.39. The summed E-state index contributed by atoms with van der Waals surface area (Å²) >= 11 is 3.08. The molecule has 0 aromatic heterocycles. The van der Waals surface area contributed by atoms with Gasteiger partial charge in [-0.15, -0.1) is 0 Å². The number of aliphatic hydroxyl groups is 1. The fourth-order valence-electron chi connectivity index (χ4n) is 1.15. The molecule has 0 radical (unpaired) electrons. The molecule has 0 bridgehead atoms. The Kier molecular flexibility index (Phi) is 4.21. The molecule has 0 aliphatic rings. The van der Waals surface area contributed by atoms with Crippen molar-refractivity contribution in [3.8, 4) is 5.75 Å². The van der Waals surface area contributed by atoms with E-state index in [4.69, 9.17) is 9.84 Å². The maximum Gasteiger partial charge on any atom is 0.418 e. The summed E-state index contributed by atoms with van der Waals surface area (Å²) in [5.41, 5.74) is -0.220. The predicted molar refractivity (Wildman–Crippen MR) is 56.3 cm³/mol. The molecule has 0 saturated heterocycles. The molecule has 0 saturated carbocycles. The zero-order valence-electron chi connectivity index (χ0n) is 8.38. The van der Waals surface area contributed by atoms with E-state index in [0.29, 0.717) is 16.8 Å². The third kappa shape index (κ3) is 3.12. The summed E-state index contributed by atoms with van der Waals surface area (Å²) in [5, 5.41) is 9.02. The van der Waals surface area contributed by atoms with Gasteiger partial charge >= 0.3 is 6.18 Å². The van der Waals surface area contributed by atoms with Crippen LogP contribution in [0.15, 0.2) is 22.7 Å². The topological polar surface area (TPSA) is 29.5 Å². The van der Waals surface area contributed by atoms with E-state index < -0.39 is 12.3 Å². The lowest BCUT2D eigenvalue weighted by Gasteiger charge is -2.16. The maximum absolute atomic E-state index is 12.2. The molecule has 1 rings (SSSR count). The molecule has 6 heteroatoms. The van der Waals surface area contributed by atoms with Gasteiger partial charge in [0.1, 0.15) is 5.75 Å². The van der Waals surface area contributed by atoms with Crippen LogP contribution in [0.4, 0.5) is 13.2 Å². The maximum atomic E-state index is 12.2. The van der Waals surface area contributed by atoms with E-state index in [9.17, 15) is 13.2 Å². The van der Waals surface area contributed by atoms with Crippen molar-refractivity contribution in [2.24, 2.45) is 0 Å². The molecular formula is C10H10BrF3O2. The van der Waals surface area contributed by atoms with E-state index in [0.717, 1.165) is 0 Å². The molecule has 0 aliphatic heterocycles. The quantitative estimate of drug-likeness (QED) is 0.926. The van der Waals surface area contributed by atoms with Crippen molar-refractivity contribution in [1.29, 1.82) is 0 Å². The lowest BCUT2D eigenvalue weighted by Crippen LogP contribution is -2.20. The molecule has 1 atom stereocenters. The first-order chi connectivity index (χ1) is 7.36. The van der Waals surface area contributed by atoms with Gasteiger partial charge < -0.3 is 9.84 Å². The summed E-state index contributed by atoms with van der Waals surface area (Å²) in [6.45, 7) is 2.19. The van der Waals surface area contributed by atoms with E-state index in [2.05, 4.69) is 15.9 Å². The summed E-state index contributed by atoms with van der Waals surface area (Å²) in [5.74, 6) is 0.445.